The molecule has 5 amide bonds. The Hall–Kier alpha value is -5.49. The number of rotatable bonds is 6. The molecule has 1 N–H and O–H groups in total. The Labute approximate surface area is 342 Å². The molecule has 0 aromatic heterocycles. The van der Waals surface area contributed by atoms with E-state index < -0.39 is 23.8 Å². The number of benzene rings is 3. The smallest absolute Gasteiger partial charge is 0.262 e. The number of hydrogen-bond donors (Lipinski definition) is 1. The van der Waals surface area contributed by atoms with Crippen molar-refractivity contribution in [3.8, 4) is 23.7 Å². The predicted molar refractivity (Wildman–Crippen MR) is 214 cm³/mol. The number of nitrogens with one attached hydrogen (secondary N) is 1. The van der Waals surface area contributed by atoms with E-state index in [2.05, 4.69) is 34.2 Å². The standard InChI is InChI=1S/C46H44ClN5O6/c47-40-22-36(11-8-31(40)23-48)58-35-12-9-34(10-13-35)51-26-33-19-28(7-14-37(33)44(51)55)4-1-27-2-5-29(6-3-27)24-50-18-17-30-20-38-39(21-32(30)25-50)46(57)52(45(38)56)41-15-16-42(53)49-43(41)54/h7-8,11,14,19-22,27,29,34-35,41H,2-3,5-6,9-10,12-13,15-18,24-26H2,(H,49,53,54)/t27-,29-,34-,35-,41?. The molecular formula is C46H44ClN5O6. The van der Waals surface area contributed by atoms with Crippen LogP contribution in [-0.4, -0.2) is 75.5 Å². The number of amides is 5. The maximum atomic E-state index is 13.4. The number of carbonyl (C=O) groups excluding carboxylic acids is 5. The fourth-order valence-corrected chi connectivity index (χ4v) is 10.0. The van der Waals surface area contributed by atoms with E-state index in [9.17, 15) is 24.0 Å². The van der Waals surface area contributed by atoms with E-state index in [4.69, 9.17) is 21.6 Å². The highest BCUT2D eigenvalue weighted by Crippen LogP contribution is 2.36. The summed E-state index contributed by atoms with van der Waals surface area (Å²) < 4.78 is 6.17. The first-order valence-corrected chi connectivity index (χ1v) is 20.9. The topological polar surface area (TPSA) is 140 Å². The Morgan fingerprint density at radius 1 is 0.759 bits per heavy atom. The highest BCUT2D eigenvalue weighted by atomic mass is 35.5. The molecule has 58 heavy (non-hydrogen) atoms. The molecular weight excluding hydrogens is 754 g/mol. The summed E-state index contributed by atoms with van der Waals surface area (Å²) in [5.41, 5.74) is 6.02. The molecule has 3 aromatic carbocycles. The number of imide groups is 2. The Morgan fingerprint density at radius 2 is 1.52 bits per heavy atom. The fraction of sp³-hybridized carbons (Fsp3) is 0.435. The van der Waals surface area contributed by atoms with Gasteiger partial charge in [0.25, 0.3) is 17.7 Å². The van der Waals surface area contributed by atoms with Gasteiger partial charge in [0.05, 0.1) is 27.8 Å². The van der Waals surface area contributed by atoms with Crippen molar-refractivity contribution in [2.75, 3.05) is 13.1 Å². The van der Waals surface area contributed by atoms with Crippen LogP contribution in [0.3, 0.4) is 0 Å². The number of piperidine rings is 1. The summed E-state index contributed by atoms with van der Waals surface area (Å²) in [5.74, 6) is 6.73. The number of halogens is 1. The average molecular weight is 798 g/mol. The SMILES string of the molecule is N#Cc1ccc(O[C@H]2CC[C@H](N3Cc4cc(C#C[C@H]5CC[C@H](CN6CCc7cc8c(cc7C6)C(=O)N(C6CCC(=O)NC6=O)C8=O)CC5)ccc4C3=O)CC2)cc1Cl. The van der Waals surface area contributed by atoms with Gasteiger partial charge in [0.2, 0.25) is 11.8 Å². The molecule has 4 aliphatic heterocycles. The number of ether oxygens (including phenoxy) is 1. The predicted octanol–water partition coefficient (Wildman–Crippen LogP) is 6.18. The zero-order valence-corrected chi connectivity index (χ0v) is 33.0. The van der Waals surface area contributed by atoms with Crippen LogP contribution in [0.5, 0.6) is 5.75 Å². The van der Waals surface area contributed by atoms with Gasteiger partial charge in [-0.2, -0.15) is 5.26 Å². The van der Waals surface area contributed by atoms with Gasteiger partial charge in [0, 0.05) is 61.8 Å². The third-order valence-corrected chi connectivity index (χ3v) is 13.3. The van der Waals surface area contributed by atoms with E-state index in [1.54, 1.807) is 18.2 Å². The third kappa shape index (κ3) is 7.38. The molecule has 0 bridgehead atoms. The van der Waals surface area contributed by atoms with E-state index in [1.807, 2.05) is 29.2 Å². The van der Waals surface area contributed by atoms with Crippen LogP contribution in [0, 0.1) is 35.0 Å². The van der Waals surface area contributed by atoms with Crippen molar-refractivity contribution in [1.29, 1.82) is 5.26 Å². The summed E-state index contributed by atoms with van der Waals surface area (Å²) in [4.78, 5) is 69.8. The molecule has 1 saturated heterocycles. The lowest BCUT2D eigenvalue weighted by molar-refractivity contribution is -0.136. The molecule has 2 aliphatic carbocycles. The monoisotopic (exact) mass is 797 g/mol. The van der Waals surface area contributed by atoms with Crippen molar-refractivity contribution in [1.82, 2.24) is 20.0 Å². The van der Waals surface area contributed by atoms with Crippen LogP contribution in [0.15, 0.2) is 48.5 Å². The summed E-state index contributed by atoms with van der Waals surface area (Å²) in [5, 5.41) is 11.8. The van der Waals surface area contributed by atoms with Crippen LogP contribution >= 0.6 is 11.6 Å². The van der Waals surface area contributed by atoms with Crippen molar-refractivity contribution in [3.63, 3.8) is 0 Å². The van der Waals surface area contributed by atoms with Crippen molar-refractivity contribution >= 4 is 41.1 Å². The molecule has 0 spiro atoms. The maximum Gasteiger partial charge on any atom is 0.262 e. The Kier molecular flexibility index (Phi) is 10.3. The quantitative estimate of drug-likeness (QED) is 0.231. The Bertz CT molecular complexity index is 2340. The molecule has 2 saturated carbocycles. The first-order chi connectivity index (χ1) is 28.1. The van der Waals surface area contributed by atoms with Gasteiger partial charge in [0.1, 0.15) is 17.9 Å². The van der Waals surface area contributed by atoms with E-state index in [1.165, 1.54) is 0 Å². The molecule has 296 valence electrons. The minimum absolute atomic E-state index is 0.0470. The van der Waals surface area contributed by atoms with E-state index >= 15 is 0 Å². The summed E-state index contributed by atoms with van der Waals surface area (Å²) >= 11 is 6.19. The zero-order chi connectivity index (χ0) is 40.1. The number of nitriles is 1. The van der Waals surface area contributed by atoms with Gasteiger partial charge in [-0.3, -0.25) is 39.1 Å². The highest BCUT2D eigenvalue weighted by molar-refractivity contribution is 6.31. The molecule has 3 fully saturated rings. The largest absolute Gasteiger partial charge is 0.490 e. The van der Waals surface area contributed by atoms with Crippen molar-refractivity contribution in [3.05, 3.63) is 98.1 Å². The normalized spacial score (nSPS) is 25.7. The van der Waals surface area contributed by atoms with Gasteiger partial charge < -0.3 is 9.64 Å². The maximum absolute atomic E-state index is 13.4. The van der Waals surface area contributed by atoms with Crippen LogP contribution in [0.25, 0.3) is 0 Å². The summed E-state index contributed by atoms with van der Waals surface area (Å²) in [6.07, 6.45) is 8.80. The molecule has 11 nitrogen and oxygen atoms in total. The molecule has 4 heterocycles. The first kappa shape index (κ1) is 38.1. The second-order valence-electron chi connectivity index (χ2n) is 16.7. The lowest BCUT2D eigenvalue weighted by atomic mass is 9.81. The van der Waals surface area contributed by atoms with E-state index in [-0.39, 0.29) is 36.8 Å². The van der Waals surface area contributed by atoms with Crippen LogP contribution in [0.4, 0.5) is 0 Å². The van der Waals surface area contributed by atoms with Crippen LogP contribution in [-0.2, 0) is 29.1 Å². The van der Waals surface area contributed by atoms with Crippen molar-refractivity contribution in [2.45, 2.75) is 102 Å². The molecule has 0 radical (unpaired) electrons. The zero-order valence-electron chi connectivity index (χ0n) is 32.2. The third-order valence-electron chi connectivity index (χ3n) is 13.0. The first-order valence-electron chi connectivity index (χ1n) is 20.5. The average Bonchev–Trinajstić information content (AvgIpc) is 3.67. The van der Waals surface area contributed by atoms with E-state index in [0.717, 1.165) is 104 Å². The van der Waals surface area contributed by atoms with Gasteiger partial charge in [-0.15, -0.1) is 0 Å². The number of nitrogens with zero attached hydrogens (tertiary/aromatic N) is 4. The molecule has 12 heteroatoms. The van der Waals surface area contributed by atoms with Crippen LogP contribution in [0.1, 0.15) is 123 Å². The Balaban J connectivity index is 0.748. The van der Waals surface area contributed by atoms with Crippen molar-refractivity contribution < 1.29 is 28.7 Å². The fourth-order valence-electron chi connectivity index (χ4n) is 9.82. The molecule has 1 unspecified atom stereocenters. The summed E-state index contributed by atoms with van der Waals surface area (Å²) in [7, 11) is 0. The molecule has 6 aliphatic rings. The van der Waals surface area contributed by atoms with Gasteiger partial charge in [-0.1, -0.05) is 23.4 Å². The lowest BCUT2D eigenvalue weighted by Crippen LogP contribution is -2.54. The van der Waals surface area contributed by atoms with Crippen LogP contribution in [0.2, 0.25) is 5.02 Å². The second-order valence-corrected chi connectivity index (χ2v) is 17.1. The minimum atomic E-state index is -0.962. The highest BCUT2D eigenvalue weighted by Gasteiger charge is 2.45. The summed E-state index contributed by atoms with van der Waals surface area (Å²) in [6.45, 7) is 3.18. The number of fused-ring (bicyclic) bond motifs is 3. The van der Waals surface area contributed by atoms with E-state index in [0.29, 0.717) is 52.4 Å². The summed E-state index contributed by atoms with van der Waals surface area (Å²) in [6, 6.07) is 16.1. The molecule has 1 atom stereocenters. The van der Waals surface area contributed by atoms with Crippen LogP contribution < -0.4 is 10.1 Å². The minimum Gasteiger partial charge on any atom is -0.490 e. The van der Waals surface area contributed by atoms with Crippen molar-refractivity contribution in [2.24, 2.45) is 11.8 Å². The lowest BCUT2D eigenvalue weighted by Gasteiger charge is -2.34. The van der Waals surface area contributed by atoms with Gasteiger partial charge in [0.15, 0.2) is 0 Å². The Morgan fingerprint density at radius 3 is 2.24 bits per heavy atom. The van der Waals surface area contributed by atoms with Gasteiger partial charge in [-0.25, -0.2) is 0 Å². The molecule has 3 aromatic rings. The van der Waals surface area contributed by atoms with Gasteiger partial charge in [-0.05, 0) is 129 Å². The number of hydrogen-bond acceptors (Lipinski definition) is 8. The second kappa shape index (κ2) is 15.7. The number of carbonyl (C=O) groups is 5. The van der Waals surface area contributed by atoms with Gasteiger partial charge >= 0.3 is 0 Å². The molecule has 9 rings (SSSR count).